The first kappa shape index (κ1) is 19.0. The molecule has 0 radical (unpaired) electrons. The number of nitrogens with one attached hydrogen (secondary N) is 1. The monoisotopic (exact) mass is 362 g/mol. The highest BCUT2D eigenvalue weighted by Crippen LogP contribution is 2.27. The van der Waals surface area contributed by atoms with Gasteiger partial charge in [0.1, 0.15) is 5.75 Å². The number of hydrogen-bond donors (Lipinski definition) is 1. The number of benzene rings is 1. The zero-order chi connectivity index (χ0) is 18.7. The third-order valence-electron chi connectivity index (χ3n) is 5.55. The number of rotatable bonds is 4. The molecule has 0 unspecified atom stereocenters. The van der Waals surface area contributed by atoms with Gasteiger partial charge in [0.05, 0.1) is 51.2 Å². The minimum Gasteiger partial charge on any atom is -0.495 e. The molecule has 0 bridgehead atoms. The molecule has 0 aromatic heterocycles. The van der Waals surface area contributed by atoms with Crippen LogP contribution in [0.5, 0.6) is 5.75 Å². The molecule has 3 atom stereocenters. The molecule has 2 aliphatic heterocycles. The van der Waals surface area contributed by atoms with Crippen LogP contribution < -0.4 is 14.5 Å². The van der Waals surface area contributed by atoms with Crippen molar-refractivity contribution in [3.63, 3.8) is 0 Å². The second-order valence-electron chi connectivity index (χ2n) is 7.54. The van der Waals surface area contributed by atoms with E-state index in [0.29, 0.717) is 13.1 Å². The Hall–Kier alpha value is -1.79. The van der Waals surface area contributed by atoms with Crippen molar-refractivity contribution in [2.75, 3.05) is 51.3 Å². The fraction of sp³-hybridized carbons (Fsp3) is 0.650. The molecule has 26 heavy (non-hydrogen) atoms. The lowest BCUT2D eigenvalue weighted by Gasteiger charge is -2.40. The smallest absolute Gasteiger partial charge is 0.280 e. The number of hydrogen-bond acceptors (Lipinski definition) is 4. The summed E-state index contributed by atoms with van der Waals surface area (Å²) in [5.74, 6) is 1.17. The van der Waals surface area contributed by atoms with Crippen molar-refractivity contribution in [1.82, 2.24) is 4.90 Å². The third kappa shape index (κ3) is 4.13. The van der Waals surface area contributed by atoms with Crippen LogP contribution in [0.3, 0.4) is 0 Å². The predicted molar refractivity (Wildman–Crippen MR) is 102 cm³/mol. The van der Waals surface area contributed by atoms with Crippen LogP contribution in [0.15, 0.2) is 24.3 Å². The maximum absolute atomic E-state index is 13.0. The van der Waals surface area contributed by atoms with Crippen LogP contribution in [-0.4, -0.2) is 75.4 Å². The second kappa shape index (κ2) is 8.27. The highest BCUT2D eigenvalue weighted by Gasteiger charge is 2.35. The largest absolute Gasteiger partial charge is 0.495 e. The van der Waals surface area contributed by atoms with Crippen molar-refractivity contribution < 1.29 is 19.2 Å². The molecule has 1 aromatic carbocycles. The van der Waals surface area contributed by atoms with Crippen molar-refractivity contribution in [1.29, 1.82) is 0 Å². The molecule has 2 fully saturated rings. The number of morpholine rings is 1. The van der Waals surface area contributed by atoms with E-state index >= 15 is 0 Å². The topological polar surface area (TPSA) is 46.5 Å². The molecule has 6 nitrogen and oxygen atoms in total. The van der Waals surface area contributed by atoms with E-state index in [0.717, 1.165) is 37.6 Å². The van der Waals surface area contributed by atoms with Crippen LogP contribution in [0, 0.1) is 0 Å². The highest BCUT2D eigenvalue weighted by atomic mass is 16.5. The molecular formula is C20H32N3O3+. The summed E-state index contributed by atoms with van der Waals surface area (Å²) >= 11 is 0. The number of anilines is 1. The van der Waals surface area contributed by atoms with Crippen molar-refractivity contribution >= 4 is 11.6 Å². The summed E-state index contributed by atoms with van der Waals surface area (Å²) in [5, 5.41) is 0. The lowest BCUT2D eigenvalue weighted by molar-refractivity contribution is -0.915. The van der Waals surface area contributed by atoms with E-state index in [9.17, 15) is 4.79 Å². The fourth-order valence-electron chi connectivity index (χ4n) is 4.17. The van der Waals surface area contributed by atoms with Crippen LogP contribution >= 0.6 is 0 Å². The van der Waals surface area contributed by atoms with Crippen molar-refractivity contribution in [2.24, 2.45) is 0 Å². The summed E-state index contributed by atoms with van der Waals surface area (Å²) in [6.07, 6.45) is 0.236. The Kier molecular flexibility index (Phi) is 6.04. The molecule has 3 rings (SSSR count). The normalized spacial score (nSPS) is 25.8. The number of carbonyl (C=O) groups excluding carboxylic acids is 1. The van der Waals surface area contributed by atoms with Gasteiger partial charge in [0, 0.05) is 13.1 Å². The number of para-hydroxylation sites is 2. The predicted octanol–water partition coefficient (Wildman–Crippen LogP) is 0.424. The number of quaternary nitrogens is 1. The van der Waals surface area contributed by atoms with E-state index < -0.39 is 0 Å². The summed E-state index contributed by atoms with van der Waals surface area (Å²) in [6.45, 7) is 11.3. The molecule has 2 heterocycles. The molecule has 1 N–H and O–H groups in total. The van der Waals surface area contributed by atoms with E-state index in [-0.39, 0.29) is 24.2 Å². The van der Waals surface area contributed by atoms with Gasteiger partial charge >= 0.3 is 0 Å². The van der Waals surface area contributed by atoms with Crippen molar-refractivity contribution in [3.05, 3.63) is 24.3 Å². The highest BCUT2D eigenvalue weighted by molar-refractivity contribution is 5.80. The van der Waals surface area contributed by atoms with E-state index in [1.54, 1.807) is 7.11 Å². The van der Waals surface area contributed by atoms with Gasteiger partial charge in [0.2, 0.25) is 0 Å². The maximum Gasteiger partial charge on any atom is 0.280 e. The Morgan fingerprint density at radius 3 is 2.42 bits per heavy atom. The van der Waals surface area contributed by atoms with Gasteiger partial charge < -0.3 is 24.2 Å². The lowest BCUT2D eigenvalue weighted by Crippen LogP contribution is -3.19. The first-order valence-electron chi connectivity index (χ1n) is 9.66. The zero-order valence-electron chi connectivity index (χ0n) is 16.4. The molecule has 1 amide bonds. The number of piperazine rings is 1. The van der Waals surface area contributed by atoms with E-state index in [4.69, 9.17) is 9.47 Å². The molecule has 0 aliphatic carbocycles. The Morgan fingerprint density at radius 2 is 1.81 bits per heavy atom. The number of ether oxygens (including phenoxy) is 2. The van der Waals surface area contributed by atoms with E-state index in [1.165, 1.54) is 4.90 Å². The van der Waals surface area contributed by atoms with Crippen LogP contribution in [-0.2, 0) is 9.53 Å². The zero-order valence-corrected chi connectivity index (χ0v) is 16.4. The van der Waals surface area contributed by atoms with E-state index in [2.05, 4.69) is 17.9 Å². The Labute approximate surface area is 156 Å². The van der Waals surface area contributed by atoms with Crippen LogP contribution in [0.25, 0.3) is 0 Å². The molecule has 6 heteroatoms. The average Bonchev–Trinajstić information content (AvgIpc) is 2.66. The van der Waals surface area contributed by atoms with Gasteiger partial charge in [-0.2, -0.15) is 0 Å². The fourth-order valence-corrected chi connectivity index (χ4v) is 4.17. The van der Waals surface area contributed by atoms with Gasteiger partial charge in [-0.1, -0.05) is 12.1 Å². The minimum atomic E-state index is -0.00711. The minimum absolute atomic E-state index is 0.00711. The molecule has 2 aliphatic rings. The number of methoxy groups -OCH3 is 1. The molecule has 144 valence electrons. The summed E-state index contributed by atoms with van der Waals surface area (Å²) in [7, 11) is 1.71. The van der Waals surface area contributed by atoms with Crippen LogP contribution in [0.1, 0.15) is 20.8 Å². The van der Waals surface area contributed by atoms with Gasteiger partial charge in [0.25, 0.3) is 5.91 Å². The molecule has 2 saturated heterocycles. The molecule has 0 spiro atoms. The first-order valence-corrected chi connectivity index (χ1v) is 9.66. The first-order chi connectivity index (χ1) is 12.5. The molecule has 1 aromatic rings. The van der Waals surface area contributed by atoms with Gasteiger partial charge in [0.15, 0.2) is 6.04 Å². The van der Waals surface area contributed by atoms with Crippen molar-refractivity contribution in [2.45, 2.75) is 39.0 Å². The Morgan fingerprint density at radius 1 is 1.19 bits per heavy atom. The van der Waals surface area contributed by atoms with Gasteiger partial charge in [-0.25, -0.2) is 0 Å². The number of nitrogens with zero attached hydrogens (tertiary/aromatic N) is 2. The van der Waals surface area contributed by atoms with Gasteiger partial charge in [-0.05, 0) is 32.9 Å². The molecule has 0 saturated carbocycles. The van der Waals surface area contributed by atoms with Gasteiger partial charge in [-0.3, -0.25) is 4.79 Å². The van der Waals surface area contributed by atoms with Gasteiger partial charge in [-0.15, -0.1) is 0 Å². The maximum atomic E-state index is 13.0. The van der Waals surface area contributed by atoms with Crippen LogP contribution in [0.4, 0.5) is 5.69 Å². The average molecular weight is 362 g/mol. The Balaban J connectivity index is 1.58. The van der Waals surface area contributed by atoms with E-state index in [1.807, 2.05) is 36.9 Å². The number of amides is 1. The summed E-state index contributed by atoms with van der Waals surface area (Å²) in [5.41, 5.74) is 1.14. The summed E-state index contributed by atoms with van der Waals surface area (Å²) < 4.78 is 11.2. The third-order valence-corrected chi connectivity index (χ3v) is 5.55. The SMILES string of the molecule is COc1ccccc1N1CC[NH+]([C@H](C)C(=O)N2C[C@@H](C)O[C@H](C)C2)CC1. The lowest BCUT2D eigenvalue weighted by atomic mass is 10.1. The quantitative estimate of drug-likeness (QED) is 0.844. The van der Waals surface area contributed by atoms with Crippen LogP contribution in [0.2, 0.25) is 0 Å². The second-order valence-corrected chi connectivity index (χ2v) is 7.54. The summed E-state index contributed by atoms with van der Waals surface area (Å²) in [4.78, 5) is 18.7. The number of carbonyl (C=O) groups is 1. The van der Waals surface area contributed by atoms with Crippen molar-refractivity contribution in [3.8, 4) is 5.75 Å². The molecular weight excluding hydrogens is 330 g/mol. The summed E-state index contributed by atoms with van der Waals surface area (Å²) in [6, 6.07) is 8.14. The Bertz CT molecular complexity index is 606. The standard InChI is InChI=1S/C20H31N3O3/c1-15-13-23(14-16(2)26-15)20(24)17(3)21-9-11-22(12-10-21)18-7-5-6-8-19(18)25-4/h5-8,15-17H,9-14H2,1-4H3/p+1/t15-,16-,17-/m1/s1.